The van der Waals surface area contributed by atoms with Gasteiger partial charge in [0.15, 0.2) is 0 Å². The van der Waals surface area contributed by atoms with Gasteiger partial charge in [-0.25, -0.2) is 17.9 Å². The van der Waals surface area contributed by atoms with E-state index in [-0.39, 0.29) is 20.9 Å². The summed E-state index contributed by atoms with van der Waals surface area (Å²) in [6.45, 7) is 2.37. The molecule has 21 heavy (non-hydrogen) atoms. The van der Waals surface area contributed by atoms with Gasteiger partial charge in [-0.05, 0) is 43.7 Å². The Morgan fingerprint density at radius 2 is 2.24 bits per heavy atom. The number of benzene rings is 1. The fraction of sp³-hybridized carbons (Fsp3) is 0.462. The van der Waals surface area contributed by atoms with Gasteiger partial charge in [0, 0.05) is 11.3 Å². The van der Waals surface area contributed by atoms with Gasteiger partial charge in [0.05, 0.1) is 11.3 Å². The topological polar surface area (TPSA) is 109 Å². The van der Waals surface area contributed by atoms with Crippen molar-refractivity contribution in [2.45, 2.75) is 29.4 Å². The first-order valence-corrected chi connectivity index (χ1v) is 8.97. The number of anilines is 1. The summed E-state index contributed by atoms with van der Waals surface area (Å²) < 4.78 is 27.0. The largest absolute Gasteiger partial charge is 0.478 e. The first kappa shape index (κ1) is 16.1. The van der Waals surface area contributed by atoms with Gasteiger partial charge in [0.1, 0.15) is 4.90 Å². The van der Waals surface area contributed by atoms with Crippen molar-refractivity contribution in [3.63, 3.8) is 0 Å². The number of aromatic carboxylic acids is 1. The van der Waals surface area contributed by atoms with E-state index in [2.05, 4.69) is 4.72 Å². The minimum atomic E-state index is -3.74. The van der Waals surface area contributed by atoms with Gasteiger partial charge < -0.3 is 10.8 Å². The van der Waals surface area contributed by atoms with Crippen molar-refractivity contribution in [2.24, 2.45) is 0 Å². The van der Waals surface area contributed by atoms with E-state index in [0.717, 1.165) is 24.7 Å². The van der Waals surface area contributed by atoms with Crippen molar-refractivity contribution in [1.82, 2.24) is 4.72 Å². The van der Waals surface area contributed by atoms with E-state index in [1.165, 1.54) is 12.1 Å². The summed E-state index contributed by atoms with van der Waals surface area (Å²) in [5.74, 6) is -0.110. The van der Waals surface area contributed by atoms with E-state index >= 15 is 0 Å². The summed E-state index contributed by atoms with van der Waals surface area (Å²) >= 11 is 1.76. The summed E-state index contributed by atoms with van der Waals surface area (Å²) in [6, 6.07) is 3.62. The van der Waals surface area contributed by atoms with Crippen molar-refractivity contribution < 1.29 is 18.3 Å². The zero-order valence-electron chi connectivity index (χ0n) is 11.6. The highest BCUT2D eigenvalue weighted by molar-refractivity contribution is 8.01. The third-order valence-corrected chi connectivity index (χ3v) is 6.50. The lowest BCUT2D eigenvalue weighted by Crippen LogP contribution is -2.37. The maximum absolute atomic E-state index is 12.3. The minimum Gasteiger partial charge on any atom is -0.478 e. The molecule has 0 aromatic heterocycles. The predicted molar refractivity (Wildman–Crippen MR) is 83.1 cm³/mol. The van der Waals surface area contributed by atoms with E-state index in [9.17, 15) is 13.2 Å². The van der Waals surface area contributed by atoms with Crippen LogP contribution < -0.4 is 10.5 Å². The molecule has 0 spiro atoms. The van der Waals surface area contributed by atoms with Crippen LogP contribution in [-0.4, -0.2) is 36.5 Å². The van der Waals surface area contributed by atoms with Crippen LogP contribution in [0.15, 0.2) is 23.1 Å². The number of hydrogen-bond donors (Lipinski definition) is 3. The third-order valence-electron chi connectivity index (χ3n) is 3.48. The number of nitrogen functional groups attached to an aromatic ring is 1. The SMILES string of the molecule is CC1(CNS(=O)(=O)c2ccc(C(=O)O)cc2N)CCCS1. The lowest BCUT2D eigenvalue weighted by atomic mass is 10.1. The fourth-order valence-corrected chi connectivity index (χ4v) is 4.84. The second-order valence-corrected chi connectivity index (χ2v) is 8.70. The molecule has 1 saturated heterocycles. The van der Waals surface area contributed by atoms with Gasteiger partial charge in [-0.3, -0.25) is 0 Å². The maximum Gasteiger partial charge on any atom is 0.335 e. The lowest BCUT2D eigenvalue weighted by molar-refractivity contribution is 0.0697. The molecule has 116 valence electrons. The molecule has 1 unspecified atom stereocenters. The molecule has 1 heterocycles. The molecule has 0 aliphatic carbocycles. The Balaban J connectivity index is 2.17. The molecule has 0 bridgehead atoms. The number of rotatable bonds is 5. The Kier molecular flexibility index (Phi) is 4.50. The summed E-state index contributed by atoms with van der Waals surface area (Å²) in [5, 5.41) is 8.86. The Morgan fingerprint density at radius 1 is 1.52 bits per heavy atom. The zero-order chi connectivity index (χ0) is 15.7. The van der Waals surface area contributed by atoms with Crippen LogP contribution in [0, 0.1) is 0 Å². The summed E-state index contributed by atoms with van der Waals surface area (Å²) in [5.41, 5.74) is 5.57. The lowest BCUT2D eigenvalue weighted by Gasteiger charge is -2.23. The second kappa shape index (κ2) is 5.86. The number of sulfonamides is 1. The summed E-state index contributed by atoms with van der Waals surface area (Å²) in [6.07, 6.45) is 2.05. The Bertz CT molecular complexity index is 652. The quantitative estimate of drug-likeness (QED) is 0.706. The van der Waals surface area contributed by atoms with Crippen molar-refractivity contribution in [3.8, 4) is 0 Å². The molecule has 8 heteroatoms. The number of thioether (sulfide) groups is 1. The molecule has 4 N–H and O–H groups in total. The van der Waals surface area contributed by atoms with Crippen LogP contribution in [-0.2, 0) is 10.0 Å². The van der Waals surface area contributed by atoms with Crippen LogP contribution in [0.5, 0.6) is 0 Å². The number of hydrogen-bond acceptors (Lipinski definition) is 5. The predicted octanol–water partition coefficient (Wildman–Crippen LogP) is 1.53. The number of nitrogens with two attached hydrogens (primary N) is 1. The molecule has 1 atom stereocenters. The van der Waals surface area contributed by atoms with Crippen LogP contribution in [0.2, 0.25) is 0 Å². The molecule has 1 aromatic carbocycles. The highest BCUT2D eigenvalue weighted by atomic mass is 32.2. The van der Waals surface area contributed by atoms with Crippen molar-refractivity contribution in [1.29, 1.82) is 0 Å². The zero-order valence-corrected chi connectivity index (χ0v) is 13.3. The molecule has 2 rings (SSSR count). The fourth-order valence-electron chi connectivity index (χ4n) is 2.23. The Morgan fingerprint density at radius 3 is 2.76 bits per heavy atom. The number of nitrogens with one attached hydrogen (secondary N) is 1. The number of carboxylic acid groups (broad SMARTS) is 1. The first-order chi connectivity index (χ1) is 9.73. The first-order valence-electron chi connectivity index (χ1n) is 6.50. The average Bonchev–Trinajstić information content (AvgIpc) is 2.84. The molecule has 1 aliphatic rings. The van der Waals surface area contributed by atoms with E-state index in [1.807, 2.05) is 6.92 Å². The third kappa shape index (κ3) is 3.69. The minimum absolute atomic E-state index is 0.0373. The van der Waals surface area contributed by atoms with Crippen LogP contribution in [0.1, 0.15) is 30.1 Å². The van der Waals surface area contributed by atoms with Crippen molar-refractivity contribution in [2.75, 3.05) is 18.0 Å². The molecule has 1 aliphatic heterocycles. The molecule has 1 fully saturated rings. The molecule has 1 aromatic rings. The molecule has 0 radical (unpaired) electrons. The molecule has 0 saturated carbocycles. The van der Waals surface area contributed by atoms with Crippen LogP contribution in [0.25, 0.3) is 0 Å². The van der Waals surface area contributed by atoms with Gasteiger partial charge in [0.2, 0.25) is 10.0 Å². The standard InChI is InChI=1S/C13H18N2O4S2/c1-13(5-2-6-20-13)8-15-21(18,19)11-4-3-9(12(16)17)7-10(11)14/h3-4,7,15H,2,5-6,8,14H2,1H3,(H,16,17). The second-order valence-electron chi connectivity index (χ2n) is 5.28. The van der Waals surface area contributed by atoms with E-state index in [1.54, 1.807) is 11.8 Å². The van der Waals surface area contributed by atoms with Crippen LogP contribution >= 0.6 is 11.8 Å². The molecule has 0 amide bonds. The molecule has 6 nitrogen and oxygen atoms in total. The normalized spacial score (nSPS) is 22.3. The van der Waals surface area contributed by atoms with Crippen molar-refractivity contribution in [3.05, 3.63) is 23.8 Å². The number of carbonyl (C=O) groups is 1. The highest BCUT2D eigenvalue weighted by Crippen LogP contribution is 2.37. The monoisotopic (exact) mass is 330 g/mol. The van der Waals surface area contributed by atoms with Gasteiger partial charge in [-0.2, -0.15) is 11.8 Å². The average molecular weight is 330 g/mol. The van der Waals surface area contributed by atoms with Crippen LogP contribution in [0.4, 0.5) is 5.69 Å². The van der Waals surface area contributed by atoms with Crippen molar-refractivity contribution >= 4 is 33.4 Å². The smallest absolute Gasteiger partial charge is 0.335 e. The van der Waals surface area contributed by atoms with Gasteiger partial charge >= 0.3 is 5.97 Å². The Labute approximate surface area is 128 Å². The van der Waals surface area contributed by atoms with Crippen LogP contribution in [0.3, 0.4) is 0 Å². The van der Waals surface area contributed by atoms with E-state index in [4.69, 9.17) is 10.8 Å². The van der Waals surface area contributed by atoms with Gasteiger partial charge in [0.25, 0.3) is 0 Å². The van der Waals surface area contributed by atoms with E-state index < -0.39 is 16.0 Å². The van der Waals surface area contributed by atoms with E-state index in [0.29, 0.717) is 6.54 Å². The van der Waals surface area contributed by atoms with Gasteiger partial charge in [-0.1, -0.05) is 0 Å². The molecular weight excluding hydrogens is 312 g/mol. The maximum atomic E-state index is 12.3. The Hall–Kier alpha value is -1.25. The summed E-state index contributed by atoms with van der Waals surface area (Å²) in [4.78, 5) is 10.7. The summed E-state index contributed by atoms with van der Waals surface area (Å²) in [7, 11) is -3.74. The highest BCUT2D eigenvalue weighted by Gasteiger charge is 2.31. The van der Waals surface area contributed by atoms with Gasteiger partial charge in [-0.15, -0.1) is 0 Å². The molecular formula is C13H18N2O4S2. The number of carboxylic acids is 1.